The average molecular weight is 429 g/mol. The van der Waals surface area contributed by atoms with E-state index >= 15 is 0 Å². The number of hydrogen-bond donors (Lipinski definition) is 0. The number of likely N-dealkylation sites (tertiary alicyclic amines) is 1. The number of rotatable bonds is 5. The molecule has 1 aromatic rings. The van der Waals surface area contributed by atoms with E-state index in [-0.39, 0.29) is 33.3 Å². The maximum atomic E-state index is 12.9. The molecule has 0 bridgehead atoms. The molecule has 0 saturated carbocycles. The monoisotopic (exact) mass is 428 g/mol. The number of carbonyl (C=O) groups is 2. The molecule has 7 nitrogen and oxygen atoms in total. The lowest BCUT2D eigenvalue weighted by Crippen LogP contribution is -2.40. The van der Waals surface area contributed by atoms with Crippen LogP contribution >= 0.6 is 11.6 Å². The van der Waals surface area contributed by atoms with Crippen molar-refractivity contribution >= 4 is 33.5 Å². The zero-order valence-corrected chi connectivity index (χ0v) is 17.5. The molecular formula is C19H25ClN2O5S. The van der Waals surface area contributed by atoms with Gasteiger partial charge < -0.3 is 9.64 Å². The minimum atomic E-state index is -3.63. The maximum absolute atomic E-state index is 12.9. The molecular weight excluding hydrogens is 404 g/mol. The predicted octanol–water partition coefficient (Wildman–Crippen LogP) is 2.54. The Hall–Kier alpha value is -1.64. The summed E-state index contributed by atoms with van der Waals surface area (Å²) in [5.74, 6) is -0.751. The number of amides is 1. The highest BCUT2D eigenvalue weighted by Crippen LogP contribution is 2.28. The summed E-state index contributed by atoms with van der Waals surface area (Å²) in [5, 5.41) is 0.220. The number of hydrogen-bond acceptors (Lipinski definition) is 5. The van der Waals surface area contributed by atoms with E-state index in [1.54, 1.807) is 11.8 Å². The van der Waals surface area contributed by atoms with Crippen LogP contribution in [0.15, 0.2) is 23.1 Å². The van der Waals surface area contributed by atoms with Crippen LogP contribution in [0.3, 0.4) is 0 Å². The molecule has 154 valence electrons. The van der Waals surface area contributed by atoms with Crippen molar-refractivity contribution in [2.45, 2.75) is 37.5 Å². The first kappa shape index (κ1) is 21.1. The first-order valence-corrected chi connectivity index (χ1v) is 11.4. The number of nitrogens with zero attached hydrogens (tertiary/aromatic N) is 2. The average Bonchev–Trinajstić information content (AvgIpc) is 3.24. The van der Waals surface area contributed by atoms with Crippen LogP contribution in [0.2, 0.25) is 5.02 Å². The van der Waals surface area contributed by atoms with Gasteiger partial charge in [-0.05, 0) is 50.8 Å². The molecule has 9 heteroatoms. The van der Waals surface area contributed by atoms with Gasteiger partial charge in [0.1, 0.15) is 0 Å². The van der Waals surface area contributed by atoms with Gasteiger partial charge in [-0.2, -0.15) is 4.31 Å². The van der Waals surface area contributed by atoms with E-state index < -0.39 is 10.0 Å². The number of halogens is 1. The standard InChI is InChI=1S/C19H25ClN2O5S/c1-2-27-19(24)14-7-11-21(12-8-14)18(23)16-13-15(5-6-17(16)20)28(25,26)22-9-3-4-10-22/h5-6,13-14H,2-4,7-12H2,1H3. The summed E-state index contributed by atoms with van der Waals surface area (Å²) >= 11 is 6.21. The fourth-order valence-corrected chi connectivity index (χ4v) is 5.40. The first-order valence-electron chi connectivity index (χ1n) is 9.60. The number of ether oxygens (including phenoxy) is 1. The Bertz CT molecular complexity index is 844. The lowest BCUT2D eigenvalue weighted by Gasteiger charge is -2.31. The third-order valence-electron chi connectivity index (χ3n) is 5.27. The largest absolute Gasteiger partial charge is 0.466 e. The Morgan fingerprint density at radius 1 is 1.14 bits per heavy atom. The molecule has 2 heterocycles. The highest BCUT2D eigenvalue weighted by molar-refractivity contribution is 7.89. The van der Waals surface area contributed by atoms with Gasteiger partial charge in [-0.3, -0.25) is 9.59 Å². The lowest BCUT2D eigenvalue weighted by molar-refractivity contribution is -0.149. The van der Waals surface area contributed by atoms with Crippen molar-refractivity contribution in [1.29, 1.82) is 0 Å². The second-order valence-corrected chi connectivity index (χ2v) is 9.42. The van der Waals surface area contributed by atoms with Gasteiger partial charge in [0, 0.05) is 26.2 Å². The van der Waals surface area contributed by atoms with Crippen LogP contribution in [0.4, 0.5) is 0 Å². The summed E-state index contributed by atoms with van der Waals surface area (Å²) in [4.78, 5) is 26.5. The summed E-state index contributed by atoms with van der Waals surface area (Å²) in [6, 6.07) is 4.28. The molecule has 0 atom stereocenters. The van der Waals surface area contributed by atoms with Crippen molar-refractivity contribution in [3.05, 3.63) is 28.8 Å². The van der Waals surface area contributed by atoms with E-state index in [1.807, 2.05) is 0 Å². The normalized spacial score (nSPS) is 19.0. The van der Waals surface area contributed by atoms with Gasteiger partial charge >= 0.3 is 5.97 Å². The van der Waals surface area contributed by atoms with Crippen LogP contribution in [0, 0.1) is 5.92 Å². The smallest absolute Gasteiger partial charge is 0.309 e. The quantitative estimate of drug-likeness (QED) is 0.673. The predicted molar refractivity (Wildman–Crippen MR) is 105 cm³/mol. The summed E-state index contributed by atoms with van der Waals surface area (Å²) in [5.41, 5.74) is 0.177. The van der Waals surface area contributed by atoms with Crippen molar-refractivity contribution in [2.24, 2.45) is 5.92 Å². The Morgan fingerprint density at radius 3 is 2.39 bits per heavy atom. The van der Waals surface area contributed by atoms with Gasteiger partial charge in [0.15, 0.2) is 0 Å². The van der Waals surface area contributed by atoms with Gasteiger partial charge in [-0.25, -0.2) is 8.42 Å². The molecule has 2 fully saturated rings. The molecule has 0 N–H and O–H groups in total. The Balaban J connectivity index is 1.75. The van der Waals surface area contributed by atoms with Crippen LogP contribution in [0.25, 0.3) is 0 Å². The summed E-state index contributed by atoms with van der Waals surface area (Å²) < 4.78 is 32.1. The third kappa shape index (κ3) is 4.34. The number of carbonyl (C=O) groups excluding carboxylic acids is 2. The zero-order valence-electron chi connectivity index (χ0n) is 15.9. The van der Waals surface area contributed by atoms with Crippen molar-refractivity contribution in [3.8, 4) is 0 Å². The van der Waals surface area contributed by atoms with Crippen LogP contribution in [0.5, 0.6) is 0 Å². The molecule has 2 saturated heterocycles. The number of sulfonamides is 1. The number of esters is 1. The van der Waals surface area contributed by atoms with Crippen molar-refractivity contribution < 1.29 is 22.7 Å². The molecule has 0 aromatic heterocycles. The van der Waals surface area contributed by atoms with Crippen molar-refractivity contribution in [1.82, 2.24) is 9.21 Å². The van der Waals surface area contributed by atoms with Crippen molar-refractivity contribution in [2.75, 3.05) is 32.8 Å². The van der Waals surface area contributed by atoms with E-state index in [9.17, 15) is 18.0 Å². The molecule has 0 unspecified atom stereocenters. The fourth-order valence-electron chi connectivity index (χ4n) is 3.66. The minimum absolute atomic E-state index is 0.0866. The molecule has 2 aliphatic rings. The Morgan fingerprint density at radius 2 is 1.79 bits per heavy atom. The lowest BCUT2D eigenvalue weighted by atomic mass is 9.96. The van der Waals surface area contributed by atoms with Gasteiger partial charge in [-0.1, -0.05) is 11.6 Å². The summed E-state index contributed by atoms with van der Waals surface area (Å²) in [6.07, 6.45) is 2.73. The second-order valence-electron chi connectivity index (χ2n) is 7.07. The molecule has 1 aromatic carbocycles. The molecule has 0 spiro atoms. The second kappa shape index (κ2) is 8.80. The highest BCUT2D eigenvalue weighted by Gasteiger charge is 2.31. The molecule has 28 heavy (non-hydrogen) atoms. The first-order chi connectivity index (χ1) is 13.3. The van der Waals surface area contributed by atoms with Gasteiger partial charge in [0.25, 0.3) is 5.91 Å². The summed E-state index contributed by atoms with van der Waals surface area (Å²) in [7, 11) is -3.63. The molecule has 2 aliphatic heterocycles. The maximum Gasteiger partial charge on any atom is 0.309 e. The van der Waals surface area contributed by atoms with Crippen LogP contribution < -0.4 is 0 Å². The minimum Gasteiger partial charge on any atom is -0.466 e. The zero-order chi connectivity index (χ0) is 20.3. The van der Waals surface area contributed by atoms with Crippen LogP contribution in [-0.2, 0) is 19.6 Å². The molecule has 0 aliphatic carbocycles. The van der Waals surface area contributed by atoms with E-state index in [2.05, 4.69) is 0 Å². The van der Waals surface area contributed by atoms with E-state index in [4.69, 9.17) is 16.3 Å². The van der Waals surface area contributed by atoms with Gasteiger partial charge in [-0.15, -0.1) is 0 Å². The SMILES string of the molecule is CCOC(=O)C1CCN(C(=O)c2cc(S(=O)(=O)N3CCCC3)ccc2Cl)CC1. The fraction of sp³-hybridized carbons (Fsp3) is 0.579. The molecule has 1 amide bonds. The Kier molecular flexibility index (Phi) is 6.62. The number of piperidine rings is 1. The van der Waals surface area contributed by atoms with Crippen molar-refractivity contribution in [3.63, 3.8) is 0 Å². The van der Waals surface area contributed by atoms with E-state index in [0.717, 1.165) is 12.8 Å². The highest BCUT2D eigenvalue weighted by atomic mass is 35.5. The van der Waals surface area contributed by atoms with Crippen LogP contribution in [-0.4, -0.2) is 62.3 Å². The van der Waals surface area contributed by atoms with E-state index in [1.165, 1.54) is 22.5 Å². The van der Waals surface area contributed by atoms with Gasteiger partial charge in [0.05, 0.1) is 28.0 Å². The van der Waals surface area contributed by atoms with Crippen LogP contribution in [0.1, 0.15) is 43.0 Å². The topological polar surface area (TPSA) is 84.0 Å². The Labute approximate surface area is 170 Å². The van der Waals surface area contributed by atoms with E-state index in [0.29, 0.717) is 45.6 Å². The third-order valence-corrected chi connectivity index (χ3v) is 7.50. The molecule has 0 radical (unpaired) electrons. The molecule has 3 rings (SSSR count). The summed E-state index contributed by atoms with van der Waals surface area (Å²) in [6.45, 7) is 3.91. The van der Waals surface area contributed by atoms with Gasteiger partial charge in [0.2, 0.25) is 10.0 Å². The number of benzene rings is 1.